The van der Waals surface area contributed by atoms with Crippen molar-refractivity contribution in [1.82, 2.24) is 0 Å². The summed E-state index contributed by atoms with van der Waals surface area (Å²) in [6, 6.07) is 23.5. The van der Waals surface area contributed by atoms with E-state index in [-0.39, 0.29) is 0 Å². The fourth-order valence-electron chi connectivity index (χ4n) is 3.24. The zero-order valence-electron chi connectivity index (χ0n) is 15.2. The van der Waals surface area contributed by atoms with Crippen molar-refractivity contribution in [2.24, 2.45) is 0 Å². The Morgan fingerprint density at radius 2 is 1.58 bits per heavy atom. The molecule has 4 heteroatoms. The number of benzene rings is 3. The van der Waals surface area contributed by atoms with Gasteiger partial charge in [-0.15, -0.1) is 0 Å². The predicted octanol–water partition coefficient (Wildman–Crippen LogP) is 4.57. The summed E-state index contributed by atoms with van der Waals surface area (Å²) in [6.45, 7) is 1.75. The maximum Gasteiger partial charge on any atom is 0.340 e. The van der Waals surface area contributed by atoms with Gasteiger partial charge in [-0.3, -0.25) is 0 Å². The molecule has 0 aromatic heterocycles. The van der Waals surface area contributed by atoms with Gasteiger partial charge in [0.1, 0.15) is 0 Å². The summed E-state index contributed by atoms with van der Waals surface area (Å²) in [5.74, 6) is -0.429. The van der Waals surface area contributed by atoms with E-state index >= 15 is 0 Å². The summed E-state index contributed by atoms with van der Waals surface area (Å²) < 4.78 is 10.7. The van der Waals surface area contributed by atoms with Crippen molar-refractivity contribution in [1.29, 1.82) is 0 Å². The molecule has 4 nitrogen and oxygen atoms in total. The third-order valence-corrected chi connectivity index (χ3v) is 4.78. The second kappa shape index (κ2) is 7.58. The maximum atomic E-state index is 12.6. The zero-order chi connectivity index (χ0) is 18.6. The van der Waals surface area contributed by atoms with E-state index < -0.39 is 17.6 Å². The van der Waals surface area contributed by atoms with Crippen LogP contribution in [0, 0.1) is 0 Å². The molecule has 26 heavy (non-hydrogen) atoms. The van der Waals surface area contributed by atoms with Gasteiger partial charge < -0.3 is 14.8 Å². The first-order chi connectivity index (χ1) is 12.6. The van der Waals surface area contributed by atoms with Gasteiger partial charge in [-0.05, 0) is 35.4 Å². The number of fused-ring (bicyclic) bond motifs is 1. The minimum absolute atomic E-state index is 0.429. The molecule has 134 valence electrons. The van der Waals surface area contributed by atoms with E-state index in [1.165, 1.54) is 14.2 Å². The average Bonchev–Trinajstić information content (AvgIpc) is 2.71. The van der Waals surface area contributed by atoms with Crippen LogP contribution in [0.4, 0.5) is 5.69 Å². The summed E-state index contributed by atoms with van der Waals surface area (Å²) in [5, 5.41) is 5.64. The van der Waals surface area contributed by atoms with Gasteiger partial charge >= 0.3 is 5.97 Å². The highest BCUT2D eigenvalue weighted by Crippen LogP contribution is 2.37. The van der Waals surface area contributed by atoms with Crippen molar-refractivity contribution in [2.45, 2.75) is 18.6 Å². The molecule has 0 spiro atoms. The number of hydrogen-bond acceptors (Lipinski definition) is 4. The summed E-state index contributed by atoms with van der Waals surface area (Å²) in [4.78, 5) is 12.6. The molecule has 2 atom stereocenters. The van der Waals surface area contributed by atoms with Crippen LogP contribution in [0.5, 0.6) is 0 Å². The third-order valence-electron chi connectivity index (χ3n) is 4.78. The lowest BCUT2D eigenvalue weighted by Crippen LogP contribution is -2.47. The Labute approximate surface area is 153 Å². The molecule has 3 aromatic carbocycles. The Hall–Kier alpha value is -2.85. The quantitative estimate of drug-likeness (QED) is 0.662. The van der Waals surface area contributed by atoms with Crippen LogP contribution in [0.1, 0.15) is 18.5 Å². The molecule has 0 aliphatic heterocycles. The lowest BCUT2D eigenvalue weighted by atomic mass is 9.86. The average molecular weight is 349 g/mol. The number of esters is 1. The lowest BCUT2D eigenvalue weighted by molar-refractivity contribution is -0.166. The molecular weight excluding hydrogens is 326 g/mol. The molecule has 0 aliphatic carbocycles. The van der Waals surface area contributed by atoms with Gasteiger partial charge in [-0.25, -0.2) is 4.79 Å². The number of hydrogen-bond donors (Lipinski definition) is 1. The molecule has 0 saturated heterocycles. The van der Waals surface area contributed by atoms with Crippen LogP contribution < -0.4 is 5.32 Å². The van der Waals surface area contributed by atoms with E-state index in [1.54, 1.807) is 6.92 Å². The summed E-state index contributed by atoms with van der Waals surface area (Å²) in [7, 11) is 2.91. The molecule has 0 bridgehead atoms. The van der Waals surface area contributed by atoms with Gasteiger partial charge in [0.05, 0.1) is 13.2 Å². The normalized spacial score (nSPS) is 14.4. The van der Waals surface area contributed by atoms with E-state index in [2.05, 4.69) is 23.5 Å². The Morgan fingerprint density at radius 3 is 2.27 bits per heavy atom. The smallest absolute Gasteiger partial charge is 0.340 e. The second-order valence-electron chi connectivity index (χ2n) is 6.31. The van der Waals surface area contributed by atoms with Crippen LogP contribution >= 0.6 is 0 Å². The Morgan fingerprint density at radius 1 is 0.923 bits per heavy atom. The summed E-state index contributed by atoms with van der Waals surface area (Å²) >= 11 is 0. The number of rotatable bonds is 6. The van der Waals surface area contributed by atoms with E-state index in [0.717, 1.165) is 22.0 Å². The van der Waals surface area contributed by atoms with Crippen molar-refractivity contribution >= 4 is 22.4 Å². The van der Waals surface area contributed by atoms with Crippen LogP contribution in [-0.4, -0.2) is 25.8 Å². The SMILES string of the molecule is COC(=O)[C@@](C)(OC)[C@H](Nc1ccccc1)c1cccc2ccccc12. The van der Waals surface area contributed by atoms with Gasteiger partial charge in [0, 0.05) is 12.8 Å². The zero-order valence-corrected chi connectivity index (χ0v) is 15.2. The van der Waals surface area contributed by atoms with E-state index in [0.29, 0.717) is 0 Å². The number of nitrogens with one attached hydrogen (secondary N) is 1. The minimum atomic E-state index is -1.20. The molecule has 3 rings (SSSR count). The van der Waals surface area contributed by atoms with Gasteiger partial charge in [-0.1, -0.05) is 60.7 Å². The number of ether oxygens (including phenoxy) is 2. The Balaban J connectivity index is 2.18. The first-order valence-corrected chi connectivity index (χ1v) is 8.53. The van der Waals surface area contributed by atoms with E-state index in [1.807, 2.05) is 54.6 Å². The third kappa shape index (κ3) is 3.28. The molecule has 0 fully saturated rings. The molecule has 0 aliphatic rings. The van der Waals surface area contributed by atoms with Gasteiger partial charge in [0.2, 0.25) is 0 Å². The monoisotopic (exact) mass is 349 g/mol. The number of carbonyl (C=O) groups excluding carboxylic acids is 1. The molecule has 0 saturated carbocycles. The summed E-state index contributed by atoms with van der Waals surface area (Å²) in [5.41, 5.74) is 0.675. The molecule has 3 aromatic rings. The fourth-order valence-corrected chi connectivity index (χ4v) is 3.24. The predicted molar refractivity (Wildman–Crippen MR) is 104 cm³/mol. The van der Waals surface area contributed by atoms with Crippen LogP contribution in [0.3, 0.4) is 0 Å². The topological polar surface area (TPSA) is 47.6 Å². The highest BCUT2D eigenvalue weighted by molar-refractivity contribution is 5.89. The van der Waals surface area contributed by atoms with E-state index in [4.69, 9.17) is 9.47 Å². The van der Waals surface area contributed by atoms with E-state index in [9.17, 15) is 4.79 Å². The largest absolute Gasteiger partial charge is 0.467 e. The van der Waals surface area contributed by atoms with Crippen molar-refractivity contribution in [3.8, 4) is 0 Å². The van der Waals surface area contributed by atoms with Gasteiger partial charge in [0.15, 0.2) is 5.60 Å². The number of carbonyl (C=O) groups is 1. The molecule has 0 amide bonds. The molecule has 0 heterocycles. The molecule has 1 N–H and O–H groups in total. The second-order valence-corrected chi connectivity index (χ2v) is 6.31. The number of anilines is 1. The van der Waals surface area contributed by atoms with Crippen molar-refractivity contribution in [3.63, 3.8) is 0 Å². The van der Waals surface area contributed by atoms with Gasteiger partial charge in [0.25, 0.3) is 0 Å². The van der Waals surface area contributed by atoms with Crippen molar-refractivity contribution in [2.75, 3.05) is 19.5 Å². The standard InChI is InChI=1S/C22H23NO3/c1-22(26-3,21(24)25-2)20(23-17-12-5-4-6-13-17)19-15-9-11-16-10-7-8-14-18(16)19/h4-15,20,23H,1-3H3/t20-,22+/m1/s1. The molecular formula is C22H23NO3. The van der Waals surface area contributed by atoms with Crippen LogP contribution in [0.25, 0.3) is 10.8 Å². The van der Waals surface area contributed by atoms with Crippen molar-refractivity contribution in [3.05, 3.63) is 78.4 Å². The Bertz CT molecular complexity index is 889. The van der Waals surface area contributed by atoms with Crippen LogP contribution in [0.2, 0.25) is 0 Å². The van der Waals surface area contributed by atoms with Crippen LogP contribution in [-0.2, 0) is 14.3 Å². The summed E-state index contributed by atoms with van der Waals surface area (Å²) in [6.07, 6.45) is 0. The fraction of sp³-hybridized carbons (Fsp3) is 0.227. The van der Waals surface area contributed by atoms with Crippen molar-refractivity contribution < 1.29 is 14.3 Å². The van der Waals surface area contributed by atoms with Crippen LogP contribution in [0.15, 0.2) is 72.8 Å². The first kappa shape index (κ1) is 18.0. The maximum absolute atomic E-state index is 12.6. The lowest BCUT2D eigenvalue weighted by Gasteiger charge is -2.36. The highest BCUT2D eigenvalue weighted by Gasteiger charge is 2.44. The number of para-hydroxylation sites is 1. The molecule has 0 unspecified atom stereocenters. The highest BCUT2D eigenvalue weighted by atomic mass is 16.6. The van der Waals surface area contributed by atoms with Gasteiger partial charge in [-0.2, -0.15) is 0 Å². The Kier molecular flexibility index (Phi) is 5.24. The number of methoxy groups -OCH3 is 2. The molecule has 0 radical (unpaired) electrons. The minimum Gasteiger partial charge on any atom is -0.467 e. The first-order valence-electron chi connectivity index (χ1n) is 8.53.